The zero-order chi connectivity index (χ0) is 9.68. The van der Waals surface area contributed by atoms with Crippen molar-refractivity contribution in [3.05, 3.63) is 24.3 Å². The molecule has 0 aromatic heterocycles. The molecule has 0 fully saturated rings. The first kappa shape index (κ1) is 9.70. The number of benzene rings is 1. The van der Waals surface area contributed by atoms with Gasteiger partial charge in [0.1, 0.15) is 11.5 Å². The number of rotatable bonds is 4. The van der Waals surface area contributed by atoms with E-state index in [2.05, 4.69) is 9.47 Å². The molecule has 0 aliphatic rings. The van der Waals surface area contributed by atoms with Crippen molar-refractivity contribution in [3.8, 4) is 11.5 Å². The van der Waals surface area contributed by atoms with Crippen LogP contribution < -0.4 is 9.47 Å². The normalized spacial score (nSPS) is 10.2. The number of hydrogen-bond acceptors (Lipinski definition) is 2. The lowest BCUT2D eigenvalue weighted by molar-refractivity contribution is -0.0498. The lowest BCUT2D eigenvalue weighted by atomic mass is 10.3. The highest BCUT2D eigenvalue weighted by atomic mass is 19.3. The van der Waals surface area contributed by atoms with Crippen LogP contribution in [-0.2, 0) is 0 Å². The van der Waals surface area contributed by atoms with Crippen LogP contribution >= 0.6 is 0 Å². The van der Waals surface area contributed by atoms with Crippen LogP contribution in [0.4, 0.5) is 13.2 Å². The summed E-state index contributed by atoms with van der Waals surface area (Å²) in [7, 11) is 0. The molecule has 1 aromatic carbocycles. The van der Waals surface area contributed by atoms with E-state index >= 15 is 0 Å². The van der Waals surface area contributed by atoms with Gasteiger partial charge in [-0.05, 0) is 24.3 Å². The molecule has 0 saturated carbocycles. The molecule has 1 aromatic rings. The summed E-state index contributed by atoms with van der Waals surface area (Å²) in [5.74, 6) is 0.283. The minimum Gasteiger partial charge on any atom is -0.463 e. The highest BCUT2D eigenvalue weighted by molar-refractivity contribution is 5.31. The molecule has 0 aliphatic heterocycles. The summed E-state index contributed by atoms with van der Waals surface area (Å²) in [6.45, 7) is -3.80. The first-order valence-corrected chi connectivity index (χ1v) is 3.46. The number of ether oxygens (including phenoxy) is 2. The van der Waals surface area contributed by atoms with Crippen molar-refractivity contribution in [3.63, 3.8) is 0 Å². The summed E-state index contributed by atoms with van der Waals surface area (Å²) in [6.07, 6.45) is 0. The third-order valence-electron chi connectivity index (χ3n) is 1.27. The maximum Gasteiger partial charge on any atom is 0.387 e. The third kappa shape index (κ3) is 3.23. The van der Waals surface area contributed by atoms with Crippen LogP contribution in [0, 0.1) is 0 Å². The van der Waals surface area contributed by atoms with E-state index < -0.39 is 13.5 Å². The molecule has 72 valence electrons. The van der Waals surface area contributed by atoms with Crippen molar-refractivity contribution < 1.29 is 22.6 Å². The second kappa shape index (κ2) is 4.59. The second-order valence-electron chi connectivity index (χ2n) is 2.10. The van der Waals surface area contributed by atoms with Gasteiger partial charge in [-0.1, -0.05) is 0 Å². The first-order valence-electron chi connectivity index (χ1n) is 3.46. The van der Waals surface area contributed by atoms with E-state index in [1.807, 2.05) is 0 Å². The van der Waals surface area contributed by atoms with Gasteiger partial charge < -0.3 is 9.47 Å². The monoisotopic (exact) mass is 192 g/mol. The van der Waals surface area contributed by atoms with E-state index in [-0.39, 0.29) is 11.5 Å². The molecule has 0 aliphatic carbocycles. The Morgan fingerprint density at radius 2 is 1.62 bits per heavy atom. The second-order valence-corrected chi connectivity index (χ2v) is 2.10. The summed E-state index contributed by atoms with van der Waals surface area (Å²) in [4.78, 5) is 0. The van der Waals surface area contributed by atoms with Crippen LogP contribution in [0.2, 0.25) is 0 Å². The van der Waals surface area contributed by atoms with Gasteiger partial charge in [0, 0.05) is 0 Å². The summed E-state index contributed by atoms with van der Waals surface area (Å²) < 4.78 is 43.4. The predicted octanol–water partition coefficient (Wildman–Crippen LogP) is 2.59. The fourth-order valence-electron chi connectivity index (χ4n) is 0.780. The number of alkyl halides is 3. The van der Waals surface area contributed by atoms with Crippen molar-refractivity contribution in [1.82, 2.24) is 0 Å². The van der Waals surface area contributed by atoms with Crippen LogP contribution in [0.3, 0.4) is 0 Å². The molecule has 0 spiro atoms. The molecule has 5 heteroatoms. The van der Waals surface area contributed by atoms with Crippen LogP contribution in [-0.4, -0.2) is 13.5 Å². The van der Waals surface area contributed by atoms with E-state index in [4.69, 9.17) is 0 Å². The van der Waals surface area contributed by atoms with E-state index in [9.17, 15) is 13.2 Å². The fourth-order valence-corrected chi connectivity index (χ4v) is 0.780. The molecule has 0 amide bonds. The van der Waals surface area contributed by atoms with E-state index in [0.717, 1.165) is 0 Å². The molecule has 0 heterocycles. The minimum absolute atomic E-state index is 0.0150. The maximum atomic E-state index is 11.7. The third-order valence-corrected chi connectivity index (χ3v) is 1.27. The largest absolute Gasteiger partial charge is 0.463 e. The molecule has 1 rings (SSSR count). The Bertz CT molecular complexity index is 248. The Kier molecular flexibility index (Phi) is 3.42. The standard InChI is InChI=1S/C8H7F3O2/c9-5-12-6-1-3-7(4-2-6)13-8(10)11/h1-4,8H,5H2. The van der Waals surface area contributed by atoms with Gasteiger partial charge in [0.05, 0.1) is 0 Å². The topological polar surface area (TPSA) is 18.5 Å². The molecule has 13 heavy (non-hydrogen) atoms. The van der Waals surface area contributed by atoms with Crippen molar-refractivity contribution >= 4 is 0 Å². The molecule has 0 radical (unpaired) electrons. The van der Waals surface area contributed by atoms with Gasteiger partial charge in [-0.15, -0.1) is 0 Å². The summed E-state index contributed by atoms with van der Waals surface area (Å²) >= 11 is 0. The number of halogens is 3. The Balaban J connectivity index is 2.59. The van der Waals surface area contributed by atoms with Crippen LogP contribution in [0.15, 0.2) is 24.3 Å². The Hall–Kier alpha value is -1.39. The van der Waals surface area contributed by atoms with Gasteiger partial charge in [0.2, 0.25) is 6.86 Å². The van der Waals surface area contributed by atoms with E-state index in [1.165, 1.54) is 24.3 Å². The maximum absolute atomic E-state index is 11.7. The average Bonchev–Trinajstić information content (AvgIpc) is 2.08. The zero-order valence-electron chi connectivity index (χ0n) is 6.54. The summed E-state index contributed by atoms with van der Waals surface area (Å²) in [5.41, 5.74) is 0. The Morgan fingerprint density at radius 3 is 2.08 bits per heavy atom. The zero-order valence-corrected chi connectivity index (χ0v) is 6.54. The molecule has 0 atom stereocenters. The highest BCUT2D eigenvalue weighted by Gasteiger charge is 2.03. The molecule has 0 N–H and O–H groups in total. The van der Waals surface area contributed by atoms with Gasteiger partial charge >= 0.3 is 6.61 Å². The van der Waals surface area contributed by atoms with Crippen LogP contribution in [0.1, 0.15) is 0 Å². The van der Waals surface area contributed by atoms with Gasteiger partial charge in [-0.3, -0.25) is 0 Å². The van der Waals surface area contributed by atoms with Gasteiger partial charge in [-0.2, -0.15) is 8.78 Å². The molecule has 0 saturated heterocycles. The van der Waals surface area contributed by atoms with Gasteiger partial charge in [-0.25, -0.2) is 4.39 Å². The van der Waals surface area contributed by atoms with Gasteiger partial charge in [0.25, 0.3) is 0 Å². The quantitative estimate of drug-likeness (QED) is 0.729. The Morgan fingerprint density at radius 1 is 1.08 bits per heavy atom. The average molecular weight is 192 g/mol. The van der Waals surface area contributed by atoms with E-state index in [1.54, 1.807) is 0 Å². The molecule has 0 unspecified atom stereocenters. The molecule has 2 nitrogen and oxygen atoms in total. The lowest BCUT2D eigenvalue weighted by Crippen LogP contribution is -2.01. The molecular formula is C8H7F3O2. The SMILES string of the molecule is FCOc1ccc(OC(F)F)cc1. The molecule has 0 bridgehead atoms. The minimum atomic E-state index is -2.85. The summed E-state index contributed by atoms with van der Waals surface area (Å²) in [6, 6.07) is 5.24. The van der Waals surface area contributed by atoms with Crippen LogP contribution in [0.25, 0.3) is 0 Å². The lowest BCUT2D eigenvalue weighted by Gasteiger charge is -2.05. The Labute approximate surface area is 72.9 Å². The van der Waals surface area contributed by atoms with Gasteiger partial charge in [0.15, 0.2) is 0 Å². The summed E-state index contributed by atoms with van der Waals surface area (Å²) in [5, 5.41) is 0. The predicted molar refractivity (Wildman–Crippen MR) is 39.7 cm³/mol. The number of hydrogen-bond donors (Lipinski definition) is 0. The fraction of sp³-hybridized carbons (Fsp3) is 0.250. The molecular weight excluding hydrogens is 185 g/mol. The van der Waals surface area contributed by atoms with Crippen molar-refractivity contribution in [2.24, 2.45) is 0 Å². The van der Waals surface area contributed by atoms with Crippen molar-refractivity contribution in [1.29, 1.82) is 0 Å². The van der Waals surface area contributed by atoms with E-state index in [0.29, 0.717) is 0 Å². The van der Waals surface area contributed by atoms with Crippen molar-refractivity contribution in [2.45, 2.75) is 6.61 Å². The smallest absolute Gasteiger partial charge is 0.387 e. The van der Waals surface area contributed by atoms with Crippen LogP contribution in [0.5, 0.6) is 11.5 Å². The first-order chi connectivity index (χ1) is 6.22. The highest BCUT2D eigenvalue weighted by Crippen LogP contribution is 2.18. The van der Waals surface area contributed by atoms with Crippen molar-refractivity contribution in [2.75, 3.05) is 6.86 Å².